The number of amides is 2. The number of aliphatic carboxylic acids is 1. The summed E-state index contributed by atoms with van der Waals surface area (Å²) in [5.41, 5.74) is -1.21. The van der Waals surface area contributed by atoms with Crippen LogP contribution in [-0.2, 0) is 9.53 Å². The number of hydrogen-bond donors (Lipinski definition) is 1. The molecular weight excluding hydrogens is 224 g/mol. The molecule has 0 radical (unpaired) electrons. The predicted molar refractivity (Wildman–Crippen MR) is 61.9 cm³/mol. The standard InChI is InChI=1S/C11H20N2O4/c1-11(2,9(14)15)12(3)10(16)13-6-5-8(7-13)17-4/h8H,5-7H2,1-4H3,(H,14,15). The largest absolute Gasteiger partial charge is 0.480 e. The summed E-state index contributed by atoms with van der Waals surface area (Å²) >= 11 is 0. The minimum atomic E-state index is -1.21. The lowest BCUT2D eigenvalue weighted by Gasteiger charge is -2.34. The first kappa shape index (κ1) is 13.8. The van der Waals surface area contributed by atoms with Gasteiger partial charge < -0.3 is 19.6 Å². The van der Waals surface area contributed by atoms with Gasteiger partial charge in [-0.3, -0.25) is 0 Å². The van der Waals surface area contributed by atoms with Gasteiger partial charge in [0.05, 0.1) is 6.10 Å². The van der Waals surface area contributed by atoms with Crippen molar-refractivity contribution in [3.8, 4) is 0 Å². The quantitative estimate of drug-likeness (QED) is 0.790. The lowest BCUT2D eigenvalue weighted by molar-refractivity contribution is -0.147. The number of carbonyl (C=O) groups is 2. The first-order chi connectivity index (χ1) is 7.80. The van der Waals surface area contributed by atoms with Gasteiger partial charge in [0.25, 0.3) is 0 Å². The van der Waals surface area contributed by atoms with Gasteiger partial charge in [0, 0.05) is 27.2 Å². The van der Waals surface area contributed by atoms with Crippen LogP contribution >= 0.6 is 0 Å². The average Bonchev–Trinajstić information content (AvgIpc) is 2.75. The molecule has 0 spiro atoms. The van der Waals surface area contributed by atoms with Crippen molar-refractivity contribution in [1.29, 1.82) is 0 Å². The molecule has 0 aromatic rings. The second-order valence-corrected chi connectivity index (χ2v) is 4.80. The van der Waals surface area contributed by atoms with Gasteiger partial charge in [0.15, 0.2) is 0 Å². The number of hydrogen-bond acceptors (Lipinski definition) is 3. The molecule has 0 bridgehead atoms. The van der Waals surface area contributed by atoms with Crippen LogP contribution in [0.4, 0.5) is 4.79 Å². The van der Waals surface area contributed by atoms with Gasteiger partial charge in [-0.2, -0.15) is 0 Å². The van der Waals surface area contributed by atoms with Crippen molar-refractivity contribution >= 4 is 12.0 Å². The molecule has 0 saturated carbocycles. The molecule has 17 heavy (non-hydrogen) atoms. The van der Waals surface area contributed by atoms with Crippen molar-refractivity contribution in [3.63, 3.8) is 0 Å². The van der Waals surface area contributed by atoms with Gasteiger partial charge >= 0.3 is 12.0 Å². The maximum atomic E-state index is 12.1. The summed E-state index contributed by atoms with van der Waals surface area (Å²) in [5, 5.41) is 9.06. The lowest BCUT2D eigenvalue weighted by Crippen LogP contribution is -2.54. The van der Waals surface area contributed by atoms with Gasteiger partial charge in [-0.25, -0.2) is 9.59 Å². The van der Waals surface area contributed by atoms with E-state index in [4.69, 9.17) is 9.84 Å². The van der Waals surface area contributed by atoms with Crippen LogP contribution in [-0.4, -0.2) is 65.8 Å². The second kappa shape index (κ2) is 4.91. The maximum absolute atomic E-state index is 12.1. The van der Waals surface area contributed by atoms with E-state index in [-0.39, 0.29) is 12.1 Å². The molecule has 0 aromatic heterocycles. The van der Waals surface area contributed by atoms with Crippen molar-refractivity contribution in [2.24, 2.45) is 0 Å². The highest BCUT2D eigenvalue weighted by Gasteiger charge is 2.38. The number of carboxylic acids is 1. The van der Waals surface area contributed by atoms with E-state index in [9.17, 15) is 9.59 Å². The molecule has 1 atom stereocenters. The smallest absolute Gasteiger partial charge is 0.329 e. The van der Waals surface area contributed by atoms with Crippen LogP contribution in [0.3, 0.4) is 0 Å². The maximum Gasteiger partial charge on any atom is 0.329 e. The average molecular weight is 244 g/mol. The number of ether oxygens (including phenoxy) is 1. The van der Waals surface area contributed by atoms with Crippen LogP contribution in [0, 0.1) is 0 Å². The Morgan fingerprint density at radius 1 is 1.47 bits per heavy atom. The molecule has 0 aromatic carbocycles. The third-order valence-corrected chi connectivity index (χ3v) is 3.40. The fourth-order valence-corrected chi connectivity index (χ4v) is 1.69. The molecule has 1 rings (SSSR count). The van der Waals surface area contributed by atoms with Gasteiger partial charge in [-0.05, 0) is 20.3 Å². The molecule has 1 aliphatic heterocycles. The summed E-state index contributed by atoms with van der Waals surface area (Å²) in [6.07, 6.45) is 0.851. The Morgan fingerprint density at radius 2 is 2.06 bits per heavy atom. The van der Waals surface area contributed by atoms with E-state index in [0.29, 0.717) is 13.1 Å². The molecule has 98 valence electrons. The number of carbonyl (C=O) groups excluding carboxylic acids is 1. The van der Waals surface area contributed by atoms with E-state index in [1.54, 1.807) is 12.0 Å². The first-order valence-corrected chi connectivity index (χ1v) is 5.59. The fraction of sp³-hybridized carbons (Fsp3) is 0.818. The number of nitrogens with zero attached hydrogens (tertiary/aromatic N) is 2. The van der Waals surface area contributed by atoms with Crippen LogP contribution in [0.2, 0.25) is 0 Å². The van der Waals surface area contributed by atoms with Crippen LogP contribution in [0.1, 0.15) is 20.3 Å². The normalized spacial score (nSPS) is 20.5. The molecule has 1 N–H and O–H groups in total. The molecule has 6 nitrogen and oxygen atoms in total. The number of methoxy groups -OCH3 is 1. The summed E-state index contributed by atoms with van der Waals surface area (Å²) in [6.45, 7) is 4.15. The number of likely N-dealkylation sites (N-methyl/N-ethyl adjacent to an activating group) is 1. The van der Waals surface area contributed by atoms with Gasteiger partial charge in [0.2, 0.25) is 0 Å². The highest BCUT2D eigenvalue weighted by atomic mass is 16.5. The molecule has 6 heteroatoms. The molecule has 1 saturated heterocycles. The summed E-state index contributed by atoms with van der Waals surface area (Å²) in [6, 6.07) is -0.267. The lowest BCUT2D eigenvalue weighted by atomic mass is 10.0. The van der Waals surface area contributed by atoms with E-state index >= 15 is 0 Å². The minimum Gasteiger partial charge on any atom is -0.480 e. The Morgan fingerprint density at radius 3 is 2.47 bits per heavy atom. The Kier molecular flexibility index (Phi) is 3.98. The van der Waals surface area contributed by atoms with Crippen LogP contribution in [0.25, 0.3) is 0 Å². The third-order valence-electron chi connectivity index (χ3n) is 3.40. The number of rotatable bonds is 3. The highest BCUT2D eigenvalue weighted by Crippen LogP contribution is 2.19. The predicted octanol–water partition coefficient (Wildman–Crippen LogP) is 0.622. The molecule has 1 fully saturated rings. The molecule has 2 amide bonds. The second-order valence-electron chi connectivity index (χ2n) is 4.80. The van der Waals surface area contributed by atoms with Crippen LogP contribution in [0.15, 0.2) is 0 Å². The summed E-state index contributed by atoms with van der Waals surface area (Å²) in [5.74, 6) is -1.02. The summed E-state index contributed by atoms with van der Waals surface area (Å²) < 4.78 is 5.18. The molecule has 1 heterocycles. The Balaban J connectivity index is 2.68. The summed E-state index contributed by atoms with van der Waals surface area (Å²) in [4.78, 5) is 26.0. The zero-order chi connectivity index (χ0) is 13.2. The fourth-order valence-electron chi connectivity index (χ4n) is 1.69. The van der Waals surface area contributed by atoms with E-state index in [1.807, 2.05) is 0 Å². The van der Waals surface area contributed by atoms with E-state index in [0.717, 1.165) is 6.42 Å². The topological polar surface area (TPSA) is 70.1 Å². The zero-order valence-corrected chi connectivity index (χ0v) is 10.8. The minimum absolute atomic E-state index is 0.0558. The van der Waals surface area contributed by atoms with Crippen LogP contribution < -0.4 is 0 Å². The van der Waals surface area contributed by atoms with Crippen LogP contribution in [0.5, 0.6) is 0 Å². The van der Waals surface area contributed by atoms with E-state index in [1.165, 1.54) is 25.8 Å². The van der Waals surface area contributed by atoms with E-state index < -0.39 is 11.5 Å². The molecule has 1 unspecified atom stereocenters. The zero-order valence-electron chi connectivity index (χ0n) is 10.8. The van der Waals surface area contributed by atoms with Gasteiger partial charge in [-0.1, -0.05) is 0 Å². The van der Waals surface area contributed by atoms with Crippen molar-refractivity contribution in [1.82, 2.24) is 9.80 Å². The SMILES string of the molecule is COC1CCN(C(=O)N(C)C(C)(C)C(=O)O)C1. The number of likely N-dealkylation sites (tertiary alicyclic amines) is 1. The molecule has 1 aliphatic rings. The Labute approximate surface area is 101 Å². The first-order valence-electron chi connectivity index (χ1n) is 5.59. The Hall–Kier alpha value is -1.30. The number of carboxylic acid groups (broad SMARTS) is 1. The molecule has 0 aliphatic carbocycles. The molecular formula is C11H20N2O4. The van der Waals surface area contributed by atoms with Gasteiger partial charge in [-0.15, -0.1) is 0 Å². The van der Waals surface area contributed by atoms with E-state index in [2.05, 4.69) is 0 Å². The van der Waals surface area contributed by atoms with Crippen molar-refractivity contribution in [3.05, 3.63) is 0 Å². The highest BCUT2D eigenvalue weighted by molar-refractivity contribution is 5.85. The monoisotopic (exact) mass is 244 g/mol. The van der Waals surface area contributed by atoms with Gasteiger partial charge in [0.1, 0.15) is 5.54 Å². The Bertz CT molecular complexity index is 317. The van der Waals surface area contributed by atoms with Crippen molar-refractivity contribution in [2.45, 2.75) is 31.9 Å². The van der Waals surface area contributed by atoms with Crippen molar-refractivity contribution in [2.75, 3.05) is 27.2 Å². The van der Waals surface area contributed by atoms with Crippen molar-refractivity contribution < 1.29 is 19.4 Å². The number of urea groups is 1. The summed E-state index contributed by atoms with van der Waals surface area (Å²) in [7, 11) is 3.13. The third kappa shape index (κ3) is 2.69.